The third-order valence-corrected chi connectivity index (χ3v) is 5.73. The molecule has 7 heteroatoms. The third kappa shape index (κ3) is 3.05. The number of aryl methyl sites for hydroxylation is 1. The van der Waals surface area contributed by atoms with E-state index in [4.69, 9.17) is 5.73 Å². The van der Waals surface area contributed by atoms with Crippen LogP contribution in [-0.4, -0.2) is 31.9 Å². The zero-order valence-corrected chi connectivity index (χ0v) is 13.2. The quantitative estimate of drug-likeness (QED) is 0.881. The monoisotopic (exact) mass is 354 g/mol. The lowest BCUT2D eigenvalue weighted by atomic mass is 10.2. The van der Waals surface area contributed by atoms with Crippen LogP contribution in [0.15, 0.2) is 27.6 Å². The molecule has 18 heavy (non-hydrogen) atoms. The Bertz CT molecular complexity index is 536. The number of halogens is 2. The summed E-state index contributed by atoms with van der Waals surface area (Å²) >= 11 is 3.31. The van der Waals surface area contributed by atoms with Gasteiger partial charge in [0.05, 0.1) is 4.90 Å². The van der Waals surface area contributed by atoms with Gasteiger partial charge in [-0.15, -0.1) is 12.4 Å². The molecule has 1 aliphatic rings. The van der Waals surface area contributed by atoms with Crippen molar-refractivity contribution in [1.29, 1.82) is 0 Å². The minimum Gasteiger partial charge on any atom is -0.326 e. The van der Waals surface area contributed by atoms with Crippen LogP contribution >= 0.6 is 28.3 Å². The lowest BCUT2D eigenvalue weighted by molar-refractivity contribution is 0.472. The highest BCUT2D eigenvalue weighted by Gasteiger charge is 2.31. The second-order valence-electron chi connectivity index (χ2n) is 4.35. The molecule has 0 spiro atoms. The average Bonchev–Trinajstić information content (AvgIpc) is 2.64. The topological polar surface area (TPSA) is 63.4 Å². The van der Waals surface area contributed by atoms with Crippen molar-refractivity contribution in [2.75, 3.05) is 13.1 Å². The second-order valence-corrected chi connectivity index (χ2v) is 7.11. The Hall–Kier alpha value is -0.140. The minimum atomic E-state index is -3.41. The molecule has 0 bridgehead atoms. The minimum absolute atomic E-state index is 0. The van der Waals surface area contributed by atoms with Crippen LogP contribution < -0.4 is 5.73 Å². The summed E-state index contributed by atoms with van der Waals surface area (Å²) in [5.41, 5.74) is 6.77. The predicted octanol–water partition coefficient (Wildman–Crippen LogP) is 1.90. The first-order chi connectivity index (χ1) is 7.91. The summed E-state index contributed by atoms with van der Waals surface area (Å²) in [4.78, 5) is 0.317. The van der Waals surface area contributed by atoms with Gasteiger partial charge in [-0.1, -0.05) is 6.07 Å². The van der Waals surface area contributed by atoms with Gasteiger partial charge in [0.25, 0.3) is 0 Å². The van der Waals surface area contributed by atoms with E-state index in [-0.39, 0.29) is 18.4 Å². The van der Waals surface area contributed by atoms with Gasteiger partial charge in [0, 0.05) is 23.6 Å². The molecule has 0 radical (unpaired) electrons. The predicted molar refractivity (Wildman–Crippen MR) is 77.5 cm³/mol. The molecule has 0 amide bonds. The van der Waals surface area contributed by atoms with Gasteiger partial charge in [-0.05, 0) is 47.0 Å². The Morgan fingerprint density at radius 1 is 1.44 bits per heavy atom. The molecule has 0 aliphatic carbocycles. The number of benzene rings is 1. The van der Waals surface area contributed by atoms with Gasteiger partial charge in [-0.2, -0.15) is 4.31 Å². The van der Waals surface area contributed by atoms with Crippen molar-refractivity contribution >= 4 is 38.4 Å². The molecule has 2 rings (SSSR count). The van der Waals surface area contributed by atoms with Crippen molar-refractivity contribution in [3.05, 3.63) is 28.2 Å². The molecular formula is C11H16BrClN2O2S. The normalized spacial score (nSPS) is 20.7. The van der Waals surface area contributed by atoms with E-state index in [0.717, 1.165) is 12.0 Å². The van der Waals surface area contributed by atoms with Gasteiger partial charge in [0.2, 0.25) is 10.0 Å². The van der Waals surface area contributed by atoms with E-state index in [2.05, 4.69) is 15.9 Å². The van der Waals surface area contributed by atoms with Gasteiger partial charge in [-0.3, -0.25) is 0 Å². The molecule has 1 saturated heterocycles. The molecule has 4 nitrogen and oxygen atoms in total. The van der Waals surface area contributed by atoms with E-state index >= 15 is 0 Å². The van der Waals surface area contributed by atoms with Gasteiger partial charge in [0.15, 0.2) is 0 Å². The van der Waals surface area contributed by atoms with E-state index in [1.54, 1.807) is 12.1 Å². The highest BCUT2D eigenvalue weighted by Crippen LogP contribution is 2.27. The van der Waals surface area contributed by atoms with E-state index < -0.39 is 10.0 Å². The fourth-order valence-electron chi connectivity index (χ4n) is 1.93. The standard InChI is InChI=1S/C11H15BrN2O2S.ClH/c1-8-2-3-11(10(12)6-8)17(15,16)14-5-4-9(13)7-14;/h2-3,6,9H,4-5,7,13H2,1H3;1H/t9-;/m1./s1. The first-order valence-electron chi connectivity index (χ1n) is 5.43. The number of hydrogen-bond acceptors (Lipinski definition) is 3. The molecule has 102 valence electrons. The van der Waals surface area contributed by atoms with E-state index in [1.165, 1.54) is 4.31 Å². The summed E-state index contributed by atoms with van der Waals surface area (Å²) in [5, 5.41) is 0. The number of sulfonamides is 1. The molecule has 1 fully saturated rings. The molecule has 1 aromatic carbocycles. The Kier molecular flexibility index (Phi) is 5.20. The molecule has 0 aromatic heterocycles. The first-order valence-corrected chi connectivity index (χ1v) is 7.66. The fraction of sp³-hybridized carbons (Fsp3) is 0.455. The van der Waals surface area contributed by atoms with Crippen LogP contribution in [0.4, 0.5) is 0 Å². The lowest BCUT2D eigenvalue weighted by Crippen LogP contribution is -2.32. The number of nitrogens with zero attached hydrogens (tertiary/aromatic N) is 1. The van der Waals surface area contributed by atoms with E-state index in [9.17, 15) is 8.42 Å². The maximum atomic E-state index is 12.4. The number of nitrogens with two attached hydrogens (primary N) is 1. The van der Waals surface area contributed by atoms with Gasteiger partial charge >= 0.3 is 0 Å². The summed E-state index contributed by atoms with van der Waals surface area (Å²) in [6.07, 6.45) is 0.725. The van der Waals surface area contributed by atoms with Crippen molar-refractivity contribution in [1.82, 2.24) is 4.31 Å². The smallest absolute Gasteiger partial charge is 0.244 e. The number of hydrogen-bond donors (Lipinski definition) is 1. The summed E-state index contributed by atoms with van der Waals surface area (Å²) in [7, 11) is -3.41. The highest BCUT2D eigenvalue weighted by molar-refractivity contribution is 9.10. The van der Waals surface area contributed by atoms with E-state index in [1.807, 2.05) is 13.0 Å². The average molecular weight is 356 g/mol. The van der Waals surface area contributed by atoms with Crippen molar-refractivity contribution in [2.24, 2.45) is 5.73 Å². The Balaban J connectivity index is 0.00000162. The summed E-state index contributed by atoms with van der Waals surface area (Å²) in [6.45, 7) is 2.83. The van der Waals surface area contributed by atoms with E-state index in [0.29, 0.717) is 22.5 Å². The zero-order valence-electron chi connectivity index (χ0n) is 9.97. The Morgan fingerprint density at radius 3 is 2.61 bits per heavy atom. The second kappa shape index (κ2) is 5.88. The van der Waals surface area contributed by atoms with Crippen LogP contribution in [0.25, 0.3) is 0 Å². The summed E-state index contributed by atoms with van der Waals surface area (Å²) in [6, 6.07) is 5.20. The molecule has 1 atom stereocenters. The Labute approximate surface area is 122 Å². The maximum absolute atomic E-state index is 12.4. The van der Waals surface area contributed by atoms with Gasteiger partial charge in [-0.25, -0.2) is 8.42 Å². The summed E-state index contributed by atoms with van der Waals surface area (Å²) in [5.74, 6) is 0. The van der Waals surface area contributed by atoms with Crippen molar-refractivity contribution in [3.63, 3.8) is 0 Å². The maximum Gasteiger partial charge on any atom is 0.244 e. The molecule has 2 N–H and O–H groups in total. The first kappa shape index (κ1) is 15.9. The van der Waals surface area contributed by atoms with Gasteiger partial charge in [0.1, 0.15) is 0 Å². The molecule has 0 unspecified atom stereocenters. The van der Waals surface area contributed by atoms with Gasteiger partial charge < -0.3 is 5.73 Å². The highest BCUT2D eigenvalue weighted by atomic mass is 79.9. The lowest BCUT2D eigenvalue weighted by Gasteiger charge is -2.17. The zero-order chi connectivity index (χ0) is 12.6. The largest absolute Gasteiger partial charge is 0.326 e. The molecule has 0 saturated carbocycles. The van der Waals surface area contributed by atoms with Crippen LogP contribution in [0.3, 0.4) is 0 Å². The van der Waals surface area contributed by atoms with Crippen LogP contribution in [0, 0.1) is 6.92 Å². The number of rotatable bonds is 2. The van der Waals surface area contributed by atoms with Crippen molar-refractivity contribution < 1.29 is 8.42 Å². The molecule has 1 aromatic rings. The van der Waals surface area contributed by atoms with Crippen LogP contribution in [0.5, 0.6) is 0 Å². The molecule has 1 aliphatic heterocycles. The fourth-order valence-corrected chi connectivity index (χ4v) is 4.59. The van der Waals surface area contributed by atoms with Crippen LogP contribution in [0.2, 0.25) is 0 Å². The van der Waals surface area contributed by atoms with Crippen LogP contribution in [0.1, 0.15) is 12.0 Å². The SMILES string of the molecule is Cc1ccc(S(=O)(=O)N2CC[C@@H](N)C2)c(Br)c1.Cl. The molecule has 1 heterocycles. The van der Waals surface area contributed by atoms with Crippen LogP contribution in [-0.2, 0) is 10.0 Å². The van der Waals surface area contributed by atoms with Crippen molar-refractivity contribution in [3.8, 4) is 0 Å². The van der Waals surface area contributed by atoms with Crippen molar-refractivity contribution in [2.45, 2.75) is 24.3 Å². The summed E-state index contributed by atoms with van der Waals surface area (Å²) < 4.78 is 26.8. The Morgan fingerprint density at radius 2 is 2.11 bits per heavy atom. The molecular weight excluding hydrogens is 340 g/mol. The third-order valence-electron chi connectivity index (χ3n) is 2.89.